The largest absolute Gasteiger partial charge is 0.491 e. The van der Waals surface area contributed by atoms with Gasteiger partial charge in [-0.05, 0) is 84.6 Å². The summed E-state index contributed by atoms with van der Waals surface area (Å²) in [5.74, 6) is -9.09. The highest BCUT2D eigenvalue weighted by atomic mass is 16.6. The van der Waals surface area contributed by atoms with Crippen LogP contribution < -0.4 is 51.7 Å². The summed E-state index contributed by atoms with van der Waals surface area (Å²) in [7, 11) is 0. The van der Waals surface area contributed by atoms with Crippen molar-refractivity contribution in [1.82, 2.24) is 10.6 Å². The Kier molecular flexibility index (Phi) is 20.6. The number of aryl methyl sites for hydroxylation is 2. The number of esters is 2. The van der Waals surface area contributed by atoms with Crippen molar-refractivity contribution in [2.45, 2.75) is 50.6 Å². The van der Waals surface area contributed by atoms with Crippen LogP contribution in [-0.2, 0) is 46.3 Å². The normalized spacial score (nSPS) is 11.4. The van der Waals surface area contributed by atoms with Gasteiger partial charge in [0.25, 0.3) is 0 Å². The summed E-state index contributed by atoms with van der Waals surface area (Å²) in [4.78, 5) is 96.5. The number of amides is 2. The molecular weight excluding hydrogens is 937 g/mol. The summed E-state index contributed by atoms with van der Waals surface area (Å²) in [6.07, 6.45) is -2.27. The first-order valence-corrected chi connectivity index (χ1v) is 21.2. The Morgan fingerprint density at radius 2 is 0.887 bits per heavy atom. The lowest BCUT2D eigenvalue weighted by atomic mass is 10.1. The van der Waals surface area contributed by atoms with Crippen molar-refractivity contribution in [2.75, 3.05) is 37.1 Å². The molecule has 0 heterocycles. The van der Waals surface area contributed by atoms with Crippen LogP contribution in [0.3, 0.4) is 0 Å². The van der Waals surface area contributed by atoms with Crippen LogP contribution >= 0.6 is 0 Å². The molecule has 0 unspecified atom stereocenters. The van der Waals surface area contributed by atoms with Gasteiger partial charge >= 0.3 is 35.8 Å². The van der Waals surface area contributed by atoms with Crippen LogP contribution in [0.4, 0.5) is 11.4 Å². The van der Waals surface area contributed by atoms with E-state index < -0.39 is 72.6 Å². The van der Waals surface area contributed by atoms with Gasteiger partial charge in [-0.2, -0.15) is 0 Å². The Labute approximate surface area is 403 Å². The molecule has 0 saturated heterocycles. The molecule has 2 atom stereocenters. The molecule has 0 bridgehead atoms. The van der Waals surface area contributed by atoms with Gasteiger partial charge in [-0.25, -0.2) is 19.2 Å². The fourth-order valence-corrected chi connectivity index (χ4v) is 6.20. The van der Waals surface area contributed by atoms with Gasteiger partial charge in [0.15, 0.2) is 11.9 Å². The second kappa shape index (κ2) is 26.9. The Balaban J connectivity index is 1.43. The summed E-state index contributed by atoms with van der Waals surface area (Å²) in [6.45, 7) is -0.290. The summed E-state index contributed by atoms with van der Waals surface area (Å²) in [5, 5.41) is 61.0. The Bertz CT molecular complexity index is 2430. The molecule has 0 saturated carbocycles. The van der Waals surface area contributed by atoms with Crippen molar-refractivity contribution < 1.29 is 82.5 Å². The molecule has 0 aliphatic carbocycles. The van der Waals surface area contributed by atoms with Crippen LogP contribution in [0.25, 0.3) is 0 Å². The van der Waals surface area contributed by atoms with Crippen LogP contribution in [0.15, 0.2) is 84.9 Å². The molecule has 0 fully saturated rings. The third-order valence-electron chi connectivity index (χ3n) is 9.53. The molecule has 0 aliphatic heterocycles. The second-order valence-electron chi connectivity index (χ2n) is 15.0. The molecule has 2 amide bonds. The lowest BCUT2D eigenvalue weighted by molar-refractivity contribution is -0.147. The van der Waals surface area contributed by atoms with Crippen LogP contribution in [0, 0.1) is 10.8 Å². The zero-order chi connectivity index (χ0) is 52.0. The first-order chi connectivity index (χ1) is 33.8. The Morgan fingerprint density at radius 1 is 0.521 bits per heavy atom. The zero-order valence-corrected chi connectivity index (χ0v) is 37.6. The molecule has 25 nitrogen and oxygen atoms in total. The number of nitrogens with one attached hydrogen (secondary N) is 6. The molecule has 0 spiro atoms. The summed E-state index contributed by atoms with van der Waals surface area (Å²) >= 11 is 0. The van der Waals surface area contributed by atoms with Gasteiger partial charge in [0.05, 0.1) is 37.2 Å². The van der Waals surface area contributed by atoms with Crippen molar-refractivity contribution >= 4 is 70.9 Å². The molecule has 4 aromatic carbocycles. The van der Waals surface area contributed by atoms with Gasteiger partial charge in [0.2, 0.25) is 11.8 Å². The first kappa shape index (κ1) is 54.3. The molecule has 376 valence electrons. The summed E-state index contributed by atoms with van der Waals surface area (Å²) in [5.41, 5.74) is 12.8. The lowest BCUT2D eigenvalue weighted by Crippen LogP contribution is -2.42. The predicted octanol–water partition coefficient (Wildman–Crippen LogP) is 2.16. The van der Waals surface area contributed by atoms with Gasteiger partial charge in [-0.1, -0.05) is 12.1 Å². The van der Waals surface area contributed by atoms with Crippen LogP contribution in [0.1, 0.15) is 57.5 Å². The molecule has 0 aromatic heterocycles. The minimum absolute atomic E-state index is 0.0141. The number of hydrogen-bond donors (Lipinski definition) is 12. The van der Waals surface area contributed by atoms with Crippen LogP contribution in [0.2, 0.25) is 0 Å². The highest BCUT2D eigenvalue weighted by Crippen LogP contribution is 2.29. The average Bonchev–Trinajstić information content (AvgIpc) is 3.29. The number of benzene rings is 4. The third-order valence-corrected chi connectivity index (χ3v) is 9.53. The molecular formula is C46H50N8O17. The molecule has 0 radical (unpaired) electrons. The topological polar surface area (TPSA) is 411 Å². The number of carbonyl (C=O) groups is 8. The van der Waals surface area contributed by atoms with Crippen molar-refractivity contribution in [2.24, 2.45) is 11.5 Å². The maximum Gasteiger partial charge on any atom is 0.343 e. The maximum absolute atomic E-state index is 13.0. The molecule has 4 rings (SSSR count). The number of ether oxygens (including phenoxy) is 5. The third kappa shape index (κ3) is 19.1. The van der Waals surface area contributed by atoms with Crippen molar-refractivity contribution in [3.8, 4) is 23.0 Å². The molecule has 25 heteroatoms. The van der Waals surface area contributed by atoms with E-state index in [0.717, 1.165) is 0 Å². The number of carboxylic acid groups (broad SMARTS) is 4. The summed E-state index contributed by atoms with van der Waals surface area (Å²) in [6, 6.07) is 17.2. The smallest absolute Gasteiger partial charge is 0.343 e. The number of hydrogen-bond acceptors (Lipinski definition) is 15. The van der Waals surface area contributed by atoms with E-state index in [1.165, 1.54) is 84.9 Å². The van der Waals surface area contributed by atoms with Crippen LogP contribution in [-0.4, -0.2) is 118 Å². The highest BCUT2D eigenvalue weighted by molar-refractivity contribution is 5.95. The molecule has 0 aliphatic rings. The van der Waals surface area contributed by atoms with Gasteiger partial charge in [0.1, 0.15) is 48.3 Å². The van der Waals surface area contributed by atoms with Gasteiger partial charge < -0.3 is 76.8 Å². The monoisotopic (exact) mass is 986 g/mol. The minimum Gasteiger partial charge on any atom is -0.491 e. The predicted molar refractivity (Wildman–Crippen MR) is 249 cm³/mol. The zero-order valence-electron chi connectivity index (χ0n) is 37.6. The summed E-state index contributed by atoms with van der Waals surface area (Å²) < 4.78 is 28.7. The van der Waals surface area contributed by atoms with Crippen molar-refractivity contribution in [1.29, 1.82) is 10.8 Å². The number of anilines is 2. The van der Waals surface area contributed by atoms with E-state index in [-0.39, 0.29) is 98.2 Å². The SMILES string of the molecule is N=C(N)Nc1ccc(C(=O)Oc2ccc(CCC(=O)N[C@H](CC(=O)O)C(=O)O)c(OCCOCCOc3cc(OC(=O)c4ccc(NC(=N)N)cc4)ccc3CCC(=O)N[C@H](CC(=O)O)C(=O)O)c2)cc1. The fourth-order valence-electron chi connectivity index (χ4n) is 6.20. The lowest BCUT2D eigenvalue weighted by Gasteiger charge is -2.16. The minimum atomic E-state index is -1.66. The number of nitrogens with two attached hydrogens (primary N) is 2. The molecule has 14 N–H and O–H groups in total. The van der Waals surface area contributed by atoms with E-state index in [9.17, 15) is 48.6 Å². The number of aliphatic carboxylic acids is 4. The number of carbonyl (C=O) groups excluding carboxylic acids is 4. The standard InChI is InChI=1S/C46H50N8O17/c47-45(48)51-29-9-1-27(2-10-29)43(65)70-31-13-5-25(7-15-37(55)53-33(41(61)62)23-39(57)58)35(21-31)68-19-17-67-18-20-69-36-22-32(71-44(66)28-3-11-30(12-4-28)52-46(49)50)14-6-26(36)8-16-38(56)54-34(42(63)64)24-40(59)60/h1-6,9-14,21-22,33-34H,7-8,15-20,23-24H2,(H,53,55)(H,54,56)(H,57,58)(H,59,60)(H,61,62)(H,63,64)(H4,47,48,51)(H4,49,50,52)/t33-,34-/m1/s1. The van der Waals surface area contributed by atoms with E-state index in [1.54, 1.807) is 0 Å². The second-order valence-corrected chi connectivity index (χ2v) is 15.0. The molecule has 71 heavy (non-hydrogen) atoms. The van der Waals surface area contributed by atoms with Crippen molar-refractivity contribution in [3.05, 3.63) is 107 Å². The Hall–Kier alpha value is -9.26. The highest BCUT2D eigenvalue weighted by Gasteiger charge is 2.25. The average molecular weight is 987 g/mol. The number of carboxylic acids is 4. The quantitative estimate of drug-likeness (QED) is 0.0127. The van der Waals surface area contributed by atoms with E-state index >= 15 is 0 Å². The Morgan fingerprint density at radius 3 is 1.21 bits per heavy atom. The number of rotatable bonds is 28. The van der Waals surface area contributed by atoms with Gasteiger partial charge in [-0.3, -0.25) is 30.0 Å². The van der Waals surface area contributed by atoms with Gasteiger partial charge in [-0.15, -0.1) is 0 Å². The van der Waals surface area contributed by atoms with Crippen LogP contribution in [0.5, 0.6) is 23.0 Å². The maximum atomic E-state index is 13.0. The van der Waals surface area contributed by atoms with E-state index in [4.69, 9.17) is 56.2 Å². The molecule has 4 aromatic rings. The van der Waals surface area contributed by atoms with E-state index in [1.807, 2.05) is 0 Å². The fraction of sp³-hybridized carbons (Fsp3) is 0.261. The van der Waals surface area contributed by atoms with Crippen molar-refractivity contribution in [3.63, 3.8) is 0 Å². The number of guanidine groups is 2. The van der Waals surface area contributed by atoms with Gasteiger partial charge in [0, 0.05) is 36.3 Å². The van der Waals surface area contributed by atoms with E-state index in [0.29, 0.717) is 22.5 Å². The van der Waals surface area contributed by atoms with E-state index in [2.05, 4.69) is 21.3 Å². The first-order valence-electron chi connectivity index (χ1n) is 21.2.